The molecule has 0 bridgehead atoms. The van der Waals surface area contributed by atoms with Crippen molar-refractivity contribution in [2.24, 2.45) is 0 Å². The van der Waals surface area contributed by atoms with Crippen LogP contribution in [-0.4, -0.2) is 33.9 Å². The van der Waals surface area contributed by atoms with Gasteiger partial charge in [0.15, 0.2) is 5.65 Å². The largest absolute Gasteiger partial charge is 0.376 e. The van der Waals surface area contributed by atoms with E-state index in [-0.39, 0.29) is 0 Å². The molecule has 0 spiro atoms. The topological polar surface area (TPSA) is 51.5 Å². The molecule has 1 aliphatic rings. The molecule has 2 heterocycles. The molecule has 0 amide bonds. The predicted molar refractivity (Wildman–Crippen MR) is 79.0 cm³/mol. The minimum absolute atomic E-state index is 0.460. The molecule has 2 aromatic heterocycles. The first-order valence-electron chi connectivity index (χ1n) is 7.51. The molecule has 0 atom stereocenters. The van der Waals surface area contributed by atoms with E-state index in [0.29, 0.717) is 12.1 Å². The summed E-state index contributed by atoms with van der Waals surface area (Å²) in [6.45, 7) is 3.50. The summed E-state index contributed by atoms with van der Waals surface area (Å²) < 4.78 is 7.73. The fourth-order valence-electron chi connectivity index (χ4n) is 2.73. The van der Waals surface area contributed by atoms with Gasteiger partial charge in [-0.2, -0.15) is 4.98 Å². The minimum atomic E-state index is 0.460. The van der Waals surface area contributed by atoms with E-state index in [1.165, 1.54) is 32.1 Å². The number of anilines is 1. The van der Waals surface area contributed by atoms with Crippen molar-refractivity contribution < 1.29 is 4.74 Å². The summed E-state index contributed by atoms with van der Waals surface area (Å²) in [5, 5.41) is 7.67. The van der Waals surface area contributed by atoms with E-state index in [2.05, 4.69) is 15.4 Å². The lowest BCUT2D eigenvalue weighted by molar-refractivity contribution is 0.0347. The lowest BCUT2D eigenvalue weighted by Gasteiger charge is -2.21. The average Bonchev–Trinajstić information content (AvgIpc) is 2.89. The zero-order chi connectivity index (χ0) is 13.8. The van der Waals surface area contributed by atoms with Crippen LogP contribution in [0.3, 0.4) is 0 Å². The first-order chi connectivity index (χ1) is 9.83. The molecule has 1 saturated carbocycles. The molecule has 0 saturated heterocycles. The van der Waals surface area contributed by atoms with Gasteiger partial charge in [0, 0.05) is 12.2 Å². The van der Waals surface area contributed by atoms with Crippen LogP contribution in [0.2, 0.25) is 0 Å². The van der Waals surface area contributed by atoms with E-state index in [9.17, 15) is 0 Å². The van der Waals surface area contributed by atoms with E-state index in [1.54, 1.807) is 0 Å². The van der Waals surface area contributed by atoms with Gasteiger partial charge >= 0.3 is 0 Å². The Bertz CT molecular complexity index is 560. The van der Waals surface area contributed by atoms with Crippen LogP contribution in [0, 0.1) is 6.92 Å². The minimum Gasteiger partial charge on any atom is -0.376 e. The second-order valence-corrected chi connectivity index (χ2v) is 5.43. The average molecular weight is 274 g/mol. The van der Waals surface area contributed by atoms with Gasteiger partial charge in [-0.3, -0.25) is 0 Å². The van der Waals surface area contributed by atoms with Crippen LogP contribution < -0.4 is 5.32 Å². The highest BCUT2D eigenvalue weighted by Crippen LogP contribution is 2.20. The fraction of sp³-hybridized carbons (Fsp3) is 0.600. The van der Waals surface area contributed by atoms with Gasteiger partial charge in [-0.1, -0.05) is 25.3 Å². The monoisotopic (exact) mass is 274 g/mol. The lowest BCUT2D eigenvalue weighted by atomic mass is 9.98. The third-order valence-corrected chi connectivity index (χ3v) is 3.84. The van der Waals surface area contributed by atoms with Crippen molar-refractivity contribution in [1.29, 1.82) is 0 Å². The van der Waals surface area contributed by atoms with Crippen LogP contribution >= 0.6 is 0 Å². The summed E-state index contributed by atoms with van der Waals surface area (Å²) in [4.78, 5) is 4.44. The Labute approximate surface area is 119 Å². The Kier molecular flexibility index (Phi) is 4.16. The normalized spacial score (nSPS) is 16.6. The van der Waals surface area contributed by atoms with Crippen molar-refractivity contribution in [3.8, 4) is 0 Å². The molecular formula is C15H22N4O. The molecule has 0 aromatic carbocycles. The maximum atomic E-state index is 5.88. The maximum absolute atomic E-state index is 5.88. The highest BCUT2D eigenvalue weighted by molar-refractivity contribution is 5.44. The van der Waals surface area contributed by atoms with Gasteiger partial charge in [-0.15, -0.1) is 5.10 Å². The van der Waals surface area contributed by atoms with Gasteiger partial charge in [-0.25, -0.2) is 4.52 Å². The molecule has 5 nitrogen and oxygen atoms in total. The number of nitrogens with zero attached hydrogens (tertiary/aromatic N) is 3. The predicted octanol–water partition coefficient (Wildman–Crippen LogP) is 2.80. The SMILES string of the molecule is Cc1cccc2nc(NCCOC3CCCCC3)nn12. The van der Waals surface area contributed by atoms with Crippen LogP contribution in [0.5, 0.6) is 0 Å². The van der Waals surface area contributed by atoms with E-state index in [1.807, 2.05) is 29.6 Å². The second kappa shape index (κ2) is 6.22. The van der Waals surface area contributed by atoms with Crippen LogP contribution in [0.25, 0.3) is 5.65 Å². The third kappa shape index (κ3) is 3.10. The first-order valence-corrected chi connectivity index (χ1v) is 7.51. The summed E-state index contributed by atoms with van der Waals surface area (Å²) in [6.07, 6.45) is 6.87. The van der Waals surface area contributed by atoms with Gasteiger partial charge in [-0.05, 0) is 31.9 Å². The van der Waals surface area contributed by atoms with Crippen molar-refractivity contribution in [3.05, 3.63) is 23.9 Å². The molecule has 2 aromatic rings. The summed E-state index contributed by atoms with van der Waals surface area (Å²) in [7, 11) is 0. The summed E-state index contributed by atoms with van der Waals surface area (Å²) in [5.41, 5.74) is 1.96. The van der Waals surface area contributed by atoms with E-state index in [0.717, 1.165) is 24.5 Å². The molecule has 20 heavy (non-hydrogen) atoms. The van der Waals surface area contributed by atoms with Crippen molar-refractivity contribution in [2.45, 2.75) is 45.1 Å². The molecule has 5 heteroatoms. The number of pyridine rings is 1. The van der Waals surface area contributed by atoms with E-state index >= 15 is 0 Å². The first kappa shape index (κ1) is 13.4. The second-order valence-electron chi connectivity index (χ2n) is 5.43. The molecule has 3 rings (SSSR count). The highest BCUT2D eigenvalue weighted by Gasteiger charge is 2.13. The van der Waals surface area contributed by atoms with Crippen molar-refractivity contribution in [2.75, 3.05) is 18.5 Å². The Hall–Kier alpha value is -1.62. The van der Waals surface area contributed by atoms with Crippen LogP contribution in [-0.2, 0) is 4.74 Å². The van der Waals surface area contributed by atoms with Gasteiger partial charge < -0.3 is 10.1 Å². The van der Waals surface area contributed by atoms with Gasteiger partial charge in [0.25, 0.3) is 0 Å². The molecular weight excluding hydrogens is 252 g/mol. The summed E-state index contributed by atoms with van der Waals surface area (Å²) in [6, 6.07) is 5.98. The Morgan fingerprint density at radius 1 is 1.30 bits per heavy atom. The maximum Gasteiger partial charge on any atom is 0.243 e. The number of nitrogens with one attached hydrogen (secondary N) is 1. The van der Waals surface area contributed by atoms with E-state index in [4.69, 9.17) is 4.74 Å². The number of aryl methyl sites for hydroxylation is 1. The zero-order valence-corrected chi connectivity index (χ0v) is 12.0. The quantitative estimate of drug-likeness (QED) is 0.852. The molecule has 1 aliphatic carbocycles. The van der Waals surface area contributed by atoms with E-state index < -0.39 is 0 Å². The Morgan fingerprint density at radius 2 is 2.15 bits per heavy atom. The summed E-state index contributed by atoms with van der Waals surface area (Å²) in [5.74, 6) is 0.673. The van der Waals surface area contributed by atoms with Crippen LogP contribution in [0.4, 0.5) is 5.95 Å². The number of aromatic nitrogens is 3. The highest BCUT2D eigenvalue weighted by atomic mass is 16.5. The Morgan fingerprint density at radius 3 is 2.95 bits per heavy atom. The van der Waals surface area contributed by atoms with Gasteiger partial charge in [0.2, 0.25) is 5.95 Å². The number of fused-ring (bicyclic) bond motifs is 1. The molecule has 0 radical (unpaired) electrons. The molecule has 0 unspecified atom stereocenters. The number of ether oxygens (including phenoxy) is 1. The fourth-order valence-corrected chi connectivity index (χ4v) is 2.73. The molecule has 1 fully saturated rings. The van der Waals surface area contributed by atoms with Crippen molar-refractivity contribution >= 4 is 11.6 Å². The zero-order valence-electron chi connectivity index (χ0n) is 12.0. The molecule has 108 valence electrons. The summed E-state index contributed by atoms with van der Waals surface area (Å²) >= 11 is 0. The number of hydrogen-bond acceptors (Lipinski definition) is 4. The van der Waals surface area contributed by atoms with Crippen molar-refractivity contribution in [3.63, 3.8) is 0 Å². The third-order valence-electron chi connectivity index (χ3n) is 3.84. The standard InChI is InChI=1S/C15H22N4O/c1-12-6-5-9-14-17-15(18-19(12)14)16-10-11-20-13-7-3-2-4-8-13/h5-6,9,13H,2-4,7-8,10-11H2,1H3,(H,16,18). The lowest BCUT2D eigenvalue weighted by Crippen LogP contribution is -2.20. The van der Waals surface area contributed by atoms with Gasteiger partial charge in [0.05, 0.1) is 12.7 Å². The number of hydrogen-bond donors (Lipinski definition) is 1. The molecule has 0 aliphatic heterocycles. The van der Waals surface area contributed by atoms with Crippen LogP contribution in [0.1, 0.15) is 37.8 Å². The Balaban J connectivity index is 1.48. The smallest absolute Gasteiger partial charge is 0.243 e. The molecule has 1 N–H and O–H groups in total. The van der Waals surface area contributed by atoms with Crippen molar-refractivity contribution in [1.82, 2.24) is 14.6 Å². The number of rotatable bonds is 5. The van der Waals surface area contributed by atoms with Gasteiger partial charge in [0.1, 0.15) is 0 Å². The van der Waals surface area contributed by atoms with Crippen LogP contribution in [0.15, 0.2) is 18.2 Å².